The van der Waals surface area contributed by atoms with Crippen LogP contribution in [0, 0.1) is 0 Å². The van der Waals surface area contributed by atoms with Crippen LogP contribution in [0.3, 0.4) is 0 Å². The zero-order valence-electron chi connectivity index (χ0n) is 8.35. The average Bonchev–Trinajstić information content (AvgIpc) is 2.14. The van der Waals surface area contributed by atoms with Gasteiger partial charge in [0.2, 0.25) is 6.41 Å². The van der Waals surface area contributed by atoms with E-state index in [-0.39, 0.29) is 6.41 Å². The molecular formula is C11H15NO2. The van der Waals surface area contributed by atoms with Crippen LogP contribution in [0.1, 0.15) is 5.56 Å². The smallest absolute Gasteiger partial charge is 0.222 e. The first-order valence-corrected chi connectivity index (χ1v) is 4.83. The molecular weight excluding hydrogens is 178 g/mol. The van der Waals surface area contributed by atoms with Gasteiger partial charge in [-0.15, -0.1) is 0 Å². The average molecular weight is 193 g/mol. The quantitative estimate of drug-likeness (QED) is 0.722. The van der Waals surface area contributed by atoms with Crippen molar-refractivity contribution in [3.05, 3.63) is 35.9 Å². The van der Waals surface area contributed by atoms with Crippen LogP contribution in [0.5, 0.6) is 0 Å². The van der Waals surface area contributed by atoms with Crippen LogP contribution in [-0.4, -0.2) is 31.7 Å². The van der Waals surface area contributed by atoms with Gasteiger partial charge in [0.15, 0.2) is 6.79 Å². The number of hydrogen-bond acceptors (Lipinski definition) is 3. The van der Waals surface area contributed by atoms with E-state index in [0.717, 1.165) is 13.0 Å². The minimum Gasteiger partial charge on any atom is -0.313 e. The third kappa shape index (κ3) is 2.32. The van der Waals surface area contributed by atoms with E-state index in [9.17, 15) is 0 Å². The van der Waals surface area contributed by atoms with Gasteiger partial charge in [-0.1, -0.05) is 30.3 Å². The second-order valence-corrected chi connectivity index (χ2v) is 3.47. The maximum Gasteiger partial charge on any atom is 0.222 e. The van der Waals surface area contributed by atoms with E-state index in [1.807, 2.05) is 13.1 Å². The van der Waals surface area contributed by atoms with Gasteiger partial charge in [-0.2, -0.15) is 0 Å². The number of ether oxygens (including phenoxy) is 2. The van der Waals surface area contributed by atoms with Crippen LogP contribution in [0.15, 0.2) is 30.3 Å². The monoisotopic (exact) mass is 193 g/mol. The molecule has 1 fully saturated rings. The van der Waals surface area contributed by atoms with E-state index in [1.165, 1.54) is 5.56 Å². The Bertz CT molecular complexity index is 272. The standard InChI is InChI=1S/C11H15NO2/c1-12(11-13-9-14-11)8-7-10-5-3-2-4-6-10/h2-6,11H,7-9H2,1H3. The molecule has 76 valence electrons. The Balaban J connectivity index is 1.76. The number of likely N-dealkylation sites (N-methyl/N-ethyl adjacent to an activating group) is 1. The lowest BCUT2D eigenvalue weighted by Gasteiger charge is -2.34. The molecule has 0 saturated carbocycles. The summed E-state index contributed by atoms with van der Waals surface area (Å²) in [6, 6.07) is 10.4. The zero-order chi connectivity index (χ0) is 9.80. The van der Waals surface area contributed by atoms with Crippen LogP contribution in [0.25, 0.3) is 0 Å². The van der Waals surface area contributed by atoms with Gasteiger partial charge < -0.3 is 9.47 Å². The van der Waals surface area contributed by atoms with Gasteiger partial charge in [0.05, 0.1) is 0 Å². The molecule has 1 saturated heterocycles. The summed E-state index contributed by atoms with van der Waals surface area (Å²) in [5, 5.41) is 0. The van der Waals surface area contributed by atoms with E-state index < -0.39 is 0 Å². The first kappa shape index (κ1) is 9.65. The highest BCUT2D eigenvalue weighted by Gasteiger charge is 2.22. The highest BCUT2D eigenvalue weighted by atomic mass is 16.9. The Morgan fingerprint density at radius 1 is 1.29 bits per heavy atom. The highest BCUT2D eigenvalue weighted by Crippen LogP contribution is 2.11. The molecule has 2 rings (SSSR count). The minimum atomic E-state index is -0.126. The van der Waals surface area contributed by atoms with Gasteiger partial charge in [-0.05, 0) is 19.0 Å². The number of hydrogen-bond donors (Lipinski definition) is 0. The van der Waals surface area contributed by atoms with E-state index in [4.69, 9.17) is 9.47 Å². The largest absolute Gasteiger partial charge is 0.313 e. The molecule has 0 bridgehead atoms. The van der Waals surface area contributed by atoms with Gasteiger partial charge in [0.25, 0.3) is 0 Å². The fourth-order valence-corrected chi connectivity index (χ4v) is 1.44. The van der Waals surface area contributed by atoms with Crippen molar-refractivity contribution >= 4 is 0 Å². The van der Waals surface area contributed by atoms with Crippen molar-refractivity contribution in [1.29, 1.82) is 0 Å². The second kappa shape index (κ2) is 4.55. The van der Waals surface area contributed by atoms with Crippen LogP contribution < -0.4 is 0 Å². The number of rotatable bonds is 4. The summed E-state index contributed by atoms with van der Waals surface area (Å²) >= 11 is 0. The van der Waals surface area contributed by atoms with Crippen molar-refractivity contribution in [2.24, 2.45) is 0 Å². The molecule has 0 amide bonds. The Kier molecular flexibility index (Phi) is 3.14. The third-order valence-corrected chi connectivity index (χ3v) is 2.38. The summed E-state index contributed by atoms with van der Waals surface area (Å²) in [6.45, 7) is 1.38. The second-order valence-electron chi connectivity index (χ2n) is 3.47. The van der Waals surface area contributed by atoms with Gasteiger partial charge in [-0.3, -0.25) is 4.90 Å². The molecule has 14 heavy (non-hydrogen) atoms. The van der Waals surface area contributed by atoms with Gasteiger partial charge in [-0.25, -0.2) is 0 Å². The summed E-state index contributed by atoms with van der Waals surface area (Å²) in [4.78, 5) is 2.07. The molecule has 0 N–H and O–H groups in total. The van der Waals surface area contributed by atoms with Crippen molar-refractivity contribution in [2.45, 2.75) is 12.8 Å². The van der Waals surface area contributed by atoms with Crippen LogP contribution in [0.4, 0.5) is 0 Å². The normalized spacial score (nSPS) is 17.0. The fraction of sp³-hybridized carbons (Fsp3) is 0.455. The van der Waals surface area contributed by atoms with Crippen molar-refractivity contribution < 1.29 is 9.47 Å². The van der Waals surface area contributed by atoms with Gasteiger partial charge in [0.1, 0.15) is 0 Å². The van der Waals surface area contributed by atoms with Crippen molar-refractivity contribution in [3.63, 3.8) is 0 Å². The van der Waals surface area contributed by atoms with Gasteiger partial charge >= 0.3 is 0 Å². The van der Waals surface area contributed by atoms with E-state index in [1.54, 1.807) is 0 Å². The molecule has 0 aliphatic carbocycles. The van der Waals surface area contributed by atoms with Crippen molar-refractivity contribution in [1.82, 2.24) is 4.90 Å². The molecule has 1 aromatic rings. The maximum atomic E-state index is 5.18. The summed E-state index contributed by atoms with van der Waals surface area (Å²) in [5.41, 5.74) is 1.35. The van der Waals surface area contributed by atoms with Crippen molar-refractivity contribution in [2.75, 3.05) is 20.4 Å². The Labute approximate surface area is 84.2 Å². The molecule has 0 unspecified atom stereocenters. The SMILES string of the molecule is CN(CCc1ccccc1)C1OCO1. The van der Waals surface area contributed by atoms with E-state index in [0.29, 0.717) is 6.79 Å². The van der Waals surface area contributed by atoms with Crippen LogP contribution in [-0.2, 0) is 15.9 Å². The number of benzene rings is 1. The van der Waals surface area contributed by atoms with E-state index in [2.05, 4.69) is 29.2 Å². The summed E-state index contributed by atoms with van der Waals surface area (Å²) < 4.78 is 10.4. The number of nitrogens with zero attached hydrogens (tertiary/aromatic N) is 1. The molecule has 1 aliphatic rings. The fourth-order valence-electron chi connectivity index (χ4n) is 1.44. The minimum absolute atomic E-state index is 0.126. The molecule has 3 nitrogen and oxygen atoms in total. The van der Waals surface area contributed by atoms with Crippen LogP contribution in [0.2, 0.25) is 0 Å². The van der Waals surface area contributed by atoms with Crippen LogP contribution >= 0.6 is 0 Å². The maximum absolute atomic E-state index is 5.18. The predicted molar refractivity (Wildman–Crippen MR) is 53.6 cm³/mol. The Morgan fingerprint density at radius 2 is 2.00 bits per heavy atom. The lowest BCUT2D eigenvalue weighted by atomic mass is 10.1. The summed E-state index contributed by atoms with van der Waals surface area (Å²) in [5.74, 6) is 0. The molecule has 1 aliphatic heterocycles. The highest BCUT2D eigenvalue weighted by molar-refractivity contribution is 5.14. The zero-order valence-corrected chi connectivity index (χ0v) is 8.35. The lowest BCUT2D eigenvalue weighted by molar-refractivity contribution is -0.371. The molecule has 0 atom stereocenters. The Hall–Kier alpha value is -0.900. The summed E-state index contributed by atoms with van der Waals surface area (Å²) in [7, 11) is 2.01. The van der Waals surface area contributed by atoms with Crippen molar-refractivity contribution in [3.8, 4) is 0 Å². The Morgan fingerprint density at radius 3 is 2.57 bits per heavy atom. The van der Waals surface area contributed by atoms with Gasteiger partial charge in [0, 0.05) is 6.54 Å². The molecule has 1 heterocycles. The first-order valence-electron chi connectivity index (χ1n) is 4.83. The first-order chi connectivity index (χ1) is 6.86. The molecule has 0 spiro atoms. The van der Waals surface area contributed by atoms with E-state index >= 15 is 0 Å². The topological polar surface area (TPSA) is 21.7 Å². The molecule has 0 radical (unpaired) electrons. The third-order valence-electron chi connectivity index (χ3n) is 2.38. The molecule has 0 aromatic heterocycles. The lowest BCUT2D eigenvalue weighted by Crippen LogP contribution is -2.45. The predicted octanol–water partition coefficient (Wildman–Crippen LogP) is 1.45. The molecule has 1 aromatic carbocycles. The summed E-state index contributed by atoms with van der Waals surface area (Å²) in [6.07, 6.45) is 0.902. The molecule has 3 heteroatoms.